The van der Waals surface area contributed by atoms with Gasteiger partial charge in [0.2, 0.25) is 0 Å². The topological polar surface area (TPSA) is 49.7 Å². The van der Waals surface area contributed by atoms with Gasteiger partial charge in [0.25, 0.3) is 0 Å². The van der Waals surface area contributed by atoms with Crippen molar-refractivity contribution in [2.45, 2.75) is 13.0 Å². The van der Waals surface area contributed by atoms with Gasteiger partial charge in [-0.25, -0.2) is 0 Å². The highest BCUT2D eigenvalue weighted by atomic mass is 35.5. The lowest BCUT2D eigenvalue weighted by atomic mass is 10.1. The summed E-state index contributed by atoms with van der Waals surface area (Å²) in [6.45, 7) is 1.55. The van der Waals surface area contributed by atoms with Crippen LogP contribution in [0.3, 0.4) is 0 Å². The second kappa shape index (κ2) is 3.85. The standard InChI is InChI=1S/C9H11ClO3/c1-5(11)7-3-6(10)4-8(13-2)9(7)12/h3-5,11-12H,1-2H3. The zero-order valence-electron chi connectivity index (χ0n) is 7.41. The molecule has 1 rings (SSSR count). The smallest absolute Gasteiger partial charge is 0.163 e. The highest BCUT2D eigenvalue weighted by molar-refractivity contribution is 6.30. The number of phenolic OH excluding ortho intramolecular Hbond substituents is 1. The van der Waals surface area contributed by atoms with Crippen molar-refractivity contribution in [3.8, 4) is 11.5 Å². The Labute approximate surface area is 81.5 Å². The number of phenols is 1. The van der Waals surface area contributed by atoms with E-state index >= 15 is 0 Å². The van der Waals surface area contributed by atoms with E-state index in [1.807, 2.05) is 0 Å². The molecule has 0 aromatic heterocycles. The van der Waals surface area contributed by atoms with E-state index < -0.39 is 6.10 Å². The minimum absolute atomic E-state index is 0.0677. The molecule has 72 valence electrons. The molecule has 1 unspecified atom stereocenters. The lowest BCUT2D eigenvalue weighted by Crippen LogP contribution is -1.94. The molecule has 3 nitrogen and oxygen atoms in total. The fraction of sp³-hybridized carbons (Fsp3) is 0.333. The van der Waals surface area contributed by atoms with E-state index in [0.717, 1.165) is 0 Å². The molecule has 4 heteroatoms. The molecule has 0 aliphatic heterocycles. The van der Waals surface area contributed by atoms with Crippen molar-refractivity contribution in [3.05, 3.63) is 22.7 Å². The minimum Gasteiger partial charge on any atom is -0.504 e. The van der Waals surface area contributed by atoms with E-state index in [9.17, 15) is 10.2 Å². The van der Waals surface area contributed by atoms with Gasteiger partial charge in [-0.15, -0.1) is 0 Å². The van der Waals surface area contributed by atoms with Gasteiger partial charge in [0.15, 0.2) is 11.5 Å². The number of hydrogen-bond donors (Lipinski definition) is 2. The summed E-state index contributed by atoms with van der Waals surface area (Å²) >= 11 is 5.74. The average Bonchev–Trinajstić information content (AvgIpc) is 2.08. The second-order valence-electron chi connectivity index (χ2n) is 2.72. The first-order chi connectivity index (χ1) is 6.06. The molecule has 1 atom stereocenters. The van der Waals surface area contributed by atoms with Gasteiger partial charge in [-0.3, -0.25) is 0 Å². The fourth-order valence-electron chi connectivity index (χ4n) is 1.07. The Hall–Kier alpha value is -0.930. The van der Waals surface area contributed by atoms with E-state index in [4.69, 9.17) is 16.3 Å². The molecule has 0 saturated carbocycles. The molecule has 0 aliphatic rings. The van der Waals surface area contributed by atoms with Crippen molar-refractivity contribution in [1.29, 1.82) is 0 Å². The van der Waals surface area contributed by atoms with Gasteiger partial charge in [0.1, 0.15) is 0 Å². The maximum absolute atomic E-state index is 9.54. The number of aliphatic hydroxyl groups excluding tert-OH is 1. The third-order valence-electron chi connectivity index (χ3n) is 1.74. The van der Waals surface area contributed by atoms with Gasteiger partial charge in [-0.05, 0) is 13.0 Å². The Morgan fingerprint density at radius 1 is 1.46 bits per heavy atom. The van der Waals surface area contributed by atoms with E-state index in [1.165, 1.54) is 19.2 Å². The van der Waals surface area contributed by atoms with Crippen LogP contribution in [0.4, 0.5) is 0 Å². The quantitative estimate of drug-likeness (QED) is 0.772. The van der Waals surface area contributed by atoms with E-state index in [1.54, 1.807) is 6.92 Å². The summed E-state index contributed by atoms with van der Waals surface area (Å²) in [6, 6.07) is 2.99. The molecule has 0 amide bonds. The molecule has 0 fully saturated rings. The number of ether oxygens (including phenoxy) is 1. The number of hydrogen-bond acceptors (Lipinski definition) is 3. The molecule has 0 heterocycles. The van der Waals surface area contributed by atoms with Crippen molar-refractivity contribution in [2.75, 3.05) is 7.11 Å². The van der Waals surface area contributed by atoms with Crippen LogP contribution in [0.2, 0.25) is 5.02 Å². The number of methoxy groups -OCH3 is 1. The largest absolute Gasteiger partial charge is 0.504 e. The summed E-state index contributed by atoms with van der Waals surface area (Å²) in [5.74, 6) is 0.199. The first-order valence-electron chi connectivity index (χ1n) is 3.80. The van der Waals surface area contributed by atoms with Crippen molar-refractivity contribution in [1.82, 2.24) is 0 Å². The Kier molecular flexibility index (Phi) is 3.01. The van der Waals surface area contributed by atoms with Crippen molar-refractivity contribution in [2.24, 2.45) is 0 Å². The van der Waals surface area contributed by atoms with Crippen molar-refractivity contribution < 1.29 is 14.9 Å². The van der Waals surface area contributed by atoms with Crippen LogP contribution in [0, 0.1) is 0 Å². The molecule has 2 N–H and O–H groups in total. The molecule has 1 aromatic rings. The zero-order valence-corrected chi connectivity index (χ0v) is 8.17. The predicted octanol–water partition coefficient (Wildman–Crippen LogP) is 2.11. The van der Waals surface area contributed by atoms with Crippen LogP contribution in [0.5, 0.6) is 11.5 Å². The van der Waals surface area contributed by atoms with E-state index in [0.29, 0.717) is 10.6 Å². The summed E-state index contributed by atoms with van der Waals surface area (Å²) in [4.78, 5) is 0. The Morgan fingerprint density at radius 3 is 2.54 bits per heavy atom. The van der Waals surface area contributed by atoms with Crippen LogP contribution in [0.15, 0.2) is 12.1 Å². The summed E-state index contributed by atoms with van der Waals surface area (Å²) in [5.41, 5.74) is 0.365. The van der Waals surface area contributed by atoms with Crippen molar-refractivity contribution in [3.63, 3.8) is 0 Å². The van der Waals surface area contributed by atoms with Crippen LogP contribution >= 0.6 is 11.6 Å². The molecule has 13 heavy (non-hydrogen) atoms. The third-order valence-corrected chi connectivity index (χ3v) is 1.96. The summed E-state index contributed by atoms with van der Waals surface area (Å²) in [6.07, 6.45) is -0.771. The molecule has 0 saturated heterocycles. The number of aliphatic hydroxyl groups is 1. The molecule has 0 spiro atoms. The Balaban J connectivity index is 3.27. The minimum atomic E-state index is -0.771. The van der Waals surface area contributed by atoms with Crippen LogP contribution in [0.25, 0.3) is 0 Å². The van der Waals surface area contributed by atoms with E-state index in [2.05, 4.69) is 0 Å². The maximum Gasteiger partial charge on any atom is 0.163 e. The normalized spacial score (nSPS) is 12.6. The molecule has 0 radical (unpaired) electrons. The van der Waals surface area contributed by atoms with Gasteiger partial charge < -0.3 is 14.9 Å². The van der Waals surface area contributed by atoms with Gasteiger partial charge in [0.05, 0.1) is 13.2 Å². The lowest BCUT2D eigenvalue weighted by molar-refractivity contribution is 0.193. The lowest BCUT2D eigenvalue weighted by Gasteiger charge is -2.11. The molecule has 1 aromatic carbocycles. The molecular weight excluding hydrogens is 192 g/mol. The molecule has 0 bridgehead atoms. The monoisotopic (exact) mass is 202 g/mol. The zero-order chi connectivity index (χ0) is 10.0. The highest BCUT2D eigenvalue weighted by Crippen LogP contribution is 2.36. The molecule has 0 aliphatic carbocycles. The van der Waals surface area contributed by atoms with Crippen LogP contribution < -0.4 is 4.74 Å². The highest BCUT2D eigenvalue weighted by Gasteiger charge is 2.13. The summed E-state index contributed by atoms with van der Waals surface area (Å²) in [5, 5.41) is 19.2. The maximum atomic E-state index is 9.54. The Bertz CT molecular complexity index is 310. The summed E-state index contributed by atoms with van der Waals surface area (Å²) < 4.78 is 4.87. The number of aromatic hydroxyl groups is 1. The summed E-state index contributed by atoms with van der Waals surface area (Å²) in [7, 11) is 1.43. The first kappa shape index (κ1) is 10.2. The van der Waals surface area contributed by atoms with Gasteiger partial charge >= 0.3 is 0 Å². The van der Waals surface area contributed by atoms with Gasteiger partial charge in [0, 0.05) is 16.7 Å². The first-order valence-corrected chi connectivity index (χ1v) is 4.18. The van der Waals surface area contributed by atoms with Gasteiger partial charge in [-0.1, -0.05) is 11.6 Å². The van der Waals surface area contributed by atoms with Crippen LogP contribution in [-0.2, 0) is 0 Å². The van der Waals surface area contributed by atoms with Crippen LogP contribution in [-0.4, -0.2) is 17.3 Å². The fourth-order valence-corrected chi connectivity index (χ4v) is 1.29. The number of halogens is 1. The average molecular weight is 203 g/mol. The second-order valence-corrected chi connectivity index (χ2v) is 3.16. The number of rotatable bonds is 2. The van der Waals surface area contributed by atoms with Crippen molar-refractivity contribution >= 4 is 11.6 Å². The Morgan fingerprint density at radius 2 is 2.08 bits per heavy atom. The van der Waals surface area contributed by atoms with Gasteiger partial charge in [-0.2, -0.15) is 0 Å². The number of benzene rings is 1. The van der Waals surface area contributed by atoms with E-state index in [-0.39, 0.29) is 11.5 Å². The predicted molar refractivity (Wildman–Crippen MR) is 50.3 cm³/mol. The SMILES string of the molecule is COc1cc(Cl)cc(C(C)O)c1O. The third kappa shape index (κ3) is 2.05. The molecular formula is C9H11ClO3. The van der Waals surface area contributed by atoms with Crippen LogP contribution in [0.1, 0.15) is 18.6 Å².